The molecule has 5 nitrogen and oxygen atoms in total. The van der Waals surface area contributed by atoms with E-state index in [1.807, 2.05) is 36.6 Å². The molecule has 0 radical (unpaired) electrons. The first-order valence-electron chi connectivity index (χ1n) is 7.11. The quantitative estimate of drug-likeness (QED) is 0.600. The molecule has 0 aliphatic rings. The maximum Gasteiger partial charge on any atom is 0.331 e. The van der Waals surface area contributed by atoms with E-state index < -0.39 is 11.9 Å². The molecule has 23 heavy (non-hydrogen) atoms. The Morgan fingerprint density at radius 3 is 2.43 bits per heavy atom. The van der Waals surface area contributed by atoms with Crippen LogP contribution in [0.2, 0.25) is 0 Å². The van der Waals surface area contributed by atoms with Crippen LogP contribution in [0.3, 0.4) is 0 Å². The molecule has 0 saturated carbocycles. The van der Waals surface area contributed by atoms with Gasteiger partial charge in [-0.2, -0.15) is 0 Å². The van der Waals surface area contributed by atoms with E-state index in [1.165, 1.54) is 16.9 Å². The molecule has 0 bridgehead atoms. The smallest absolute Gasteiger partial charge is 0.331 e. The van der Waals surface area contributed by atoms with Crippen LogP contribution in [0.25, 0.3) is 10.6 Å². The number of benzene rings is 1. The normalized spacial score (nSPS) is 10.7. The van der Waals surface area contributed by atoms with Gasteiger partial charge in [-0.05, 0) is 13.8 Å². The lowest BCUT2D eigenvalue weighted by molar-refractivity contribution is -0.141. The van der Waals surface area contributed by atoms with Crippen LogP contribution in [-0.4, -0.2) is 23.5 Å². The third-order valence-electron chi connectivity index (χ3n) is 2.85. The summed E-state index contributed by atoms with van der Waals surface area (Å²) >= 11 is 1.49. The van der Waals surface area contributed by atoms with E-state index in [0.29, 0.717) is 5.69 Å². The minimum absolute atomic E-state index is 0.0638. The van der Waals surface area contributed by atoms with Crippen LogP contribution in [-0.2, 0) is 25.7 Å². The molecule has 0 aliphatic carbocycles. The van der Waals surface area contributed by atoms with Crippen LogP contribution in [0, 0.1) is 6.92 Å². The fourth-order valence-electron chi connectivity index (χ4n) is 1.72. The van der Waals surface area contributed by atoms with Gasteiger partial charge in [0, 0.05) is 23.1 Å². The fourth-order valence-corrected chi connectivity index (χ4v) is 2.53. The van der Waals surface area contributed by atoms with Crippen molar-refractivity contribution in [3.05, 3.63) is 53.1 Å². The molecule has 120 valence electrons. The van der Waals surface area contributed by atoms with Gasteiger partial charge in [0.2, 0.25) is 0 Å². The average molecular weight is 331 g/mol. The van der Waals surface area contributed by atoms with Gasteiger partial charge >= 0.3 is 11.9 Å². The topological polar surface area (TPSA) is 65.5 Å². The summed E-state index contributed by atoms with van der Waals surface area (Å²) in [6.07, 6.45) is 2.09. The average Bonchev–Trinajstić information content (AvgIpc) is 3.01. The van der Waals surface area contributed by atoms with Crippen molar-refractivity contribution in [2.75, 3.05) is 6.61 Å². The van der Waals surface area contributed by atoms with Gasteiger partial charge in [-0.1, -0.05) is 29.8 Å². The monoisotopic (exact) mass is 331 g/mol. The lowest BCUT2D eigenvalue weighted by Gasteiger charge is -1.99. The number of thiazole rings is 1. The second-order valence-electron chi connectivity index (χ2n) is 4.70. The van der Waals surface area contributed by atoms with Crippen molar-refractivity contribution in [3.8, 4) is 10.6 Å². The molecule has 0 amide bonds. The maximum absolute atomic E-state index is 11.5. The Hall–Kier alpha value is -2.47. The third-order valence-corrected chi connectivity index (χ3v) is 3.79. The number of esters is 2. The second kappa shape index (κ2) is 8.24. The molecule has 0 N–H and O–H groups in total. The highest BCUT2D eigenvalue weighted by molar-refractivity contribution is 7.13. The van der Waals surface area contributed by atoms with Crippen LogP contribution in [0.5, 0.6) is 0 Å². The van der Waals surface area contributed by atoms with Crippen molar-refractivity contribution in [1.82, 2.24) is 4.98 Å². The summed E-state index contributed by atoms with van der Waals surface area (Å²) in [6.45, 7) is 4.05. The second-order valence-corrected chi connectivity index (χ2v) is 5.56. The maximum atomic E-state index is 11.5. The number of nitrogens with zero attached hydrogens (tertiary/aromatic N) is 1. The molecule has 0 unspecified atom stereocenters. The summed E-state index contributed by atoms with van der Waals surface area (Å²) in [5.74, 6) is -1.18. The predicted molar refractivity (Wildman–Crippen MR) is 87.9 cm³/mol. The molecular formula is C17H17NO4S. The Kier molecular flexibility index (Phi) is 6.05. The van der Waals surface area contributed by atoms with Gasteiger partial charge in [0.15, 0.2) is 0 Å². The number of ether oxygens (including phenoxy) is 2. The molecule has 0 fully saturated rings. The minimum atomic E-state index is -0.608. The SMILES string of the molecule is CCOC(=O)/C=C/C(=O)OCc1csc(-c2ccc(C)cc2)n1. The van der Waals surface area contributed by atoms with Gasteiger partial charge in [0.25, 0.3) is 0 Å². The predicted octanol–water partition coefficient (Wildman–Crippen LogP) is 3.28. The summed E-state index contributed by atoms with van der Waals surface area (Å²) in [5, 5.41) is 2.72. The highest BCUT2D eigenvalue weighted by atomic mass is 32.1. The number of aromatic nitrogens is 1. The fraction of sp³-hybridized carbons (Fsp3) is 0.235. The largest absolute Gasteiger partial charge is 0.463 e. The molecule has 2 aromatic rings. The van der Waals surface area contributed by atoms with E-state index in [-0.39, 0.29) is 13.2 Å². The van der Waals surface area contributed by atoms with Crippen molar-refractivity contribution < 1.29 is 19.1 Å². The third kappa shape index (κ3) is 5.34. The van der Waals surface area contributed by atoms with E-state index in [4.69, 9.17) is 4.74 Å². The van der Waals surface area contributed by atoms with Gasteiger partial charge in [0.1, 0.15) is 11.6 Å². The first-order valence-corrected chi connectivity index (χ1v) is 7.99. The molecule has 2 rings (SSSR count). The van der Waals surface area contributed by atoms with Gasteiger partial charge in [-0.3, -0.25) is 0 Å². The molecule has 1 aromatic carbocycles. The van der Waals surface area contributed by atoms with Crippen molar-refractivity contribution in [1.29, 1.82) is 0 Å². The number of carbonyl (C=O) groups is 2. The molecule has 0 atom stereocenters. The van der Waals surface area contributed by atoms with E-state index in [1.54, 1.807) is 6.92 Å². The first-order chi connectivity index (χ1) is 11.1. The van der Waals surface area contributed by atoms with E-state index >= 15 is 0 Å². The minimum Gasteiger partial charge on any atom is -0.463 e. The van der Waals surface area contributed by atoms with Crippen molar-refractivity contribution >= 4 is 23.3 Å². The molecule has 0 saturated heterocycles. The van der Waals surface area contributed by atoms with Crippen molar-refractivity contribution in [2.24, 2.45) is 0 Å². The van der Waals surface area contributed by atoms with Crippen LogP contribution >= 0.6 is 11.3 Å². The standard InChI is InChI=1S/C17H17NO4S/c1-3-21-15(19)8-9-16(20)22-10-14-11-23-17(18-14)13-6-4-12(2)5-7-13/h4-9,11H,3,10H2,1-2H3/b9-8+. The number of rotatable bonds is 6. The molecule has 0 aliphatic heterocycles. The van der Waals surface area contributed by atoms with Crippen LogP contribution < -0.4 is 0 Å². The summed E-state index contributed by atoms with van der Waals surface area (Å²) in [6, 6.07) is 8.06. The van der Waals surface area contributed by atoms with Gasteiger partial charge in [0.05, 0.1) is 12.3 Å². The zero-order valence-corrected chi connectivity index (χ0v) is 13.8. The lowest BCUT2D eigenvalue weighted by atomic mass is 10.2. The van der Waals surface area contributed by atoms with E-state index in [2.05, 4.69) is 9.72 Å². The highest BCUT2D eigenvalue weighted by Crippen LogP contribution is 2.24. The van der Waals surface area contributed by atoms with Gasteiger partial charge < -0.3 is 9.47 Å². The Balaban J connectivity index is 1.88. The lowest BCUT2D eigenvalue weighted by Crippen LogP contribution is -2.04. The highest BCUT2D eigenvalue weighted by Gasteiger charge is 2.07. The van der Waals surface area contributed by atoms with E-state index in [9.17, 15) is 9.59 Å². The number of aryl methyl sites for hydroxylation is 1. The number of hydrogen-bond acceptors (Lipinski definition) is 6. The molecule has 0 spiro atoms. The zero-order chi connectivity index (χ0) is 16.7. The van der Waals surface area contributed by atoms with Crippen molar-refractivity contribution in [2.45, 2.75) is 20.5 Å². The summed E-state index contributed by atoms with van der Waals surface area (Å²) in [5.41, 5.74) is 2.89. The molecular weight excluding hydrogens is 314 g/mol. The van der Waals surface area contributed by atoms with Crippen LogP contribution in [0.4, 0.5) is 0 Å². The van der Waals surface area contributed by atoms with Crippen LogP contribution in [0.1, 0.15) is 18.2 Å². The summed E-state index contributed by atoms with van der Waals surface area (Å²) in [7, 11) is 0. The molecule has 1 aromatic heterocycles. The Morgan fingerprint density at radius 2 is 1.78 bits per heavy atom. The Morgan fingerprint density at radius 1 is 1.13 bits per heavy atom. The molecule has 6 heteroatoms. The van der Waals surface area contributed by atoms with E-state index in [0.717, 1.165) is 22.7 Å². The zero-order valence-electron chi connectivity index (χ0n) is 12.9. The Labute approximate surface area is 138 Å². The number of hydrogen-bond donors (Lipinski definition) is 0. The first kappa shape index (κ1) is 16.9. The van der Waals surface area contributed by atoms with Crippen molar-refractivity contribution in [3.63, 3.8) is 0 Å². The van der Waals surface area contributed by atoms with Crippen LogP contribution in [0.15, 0.2) is 41.8 Å². The van der Waals surface area contributed by atoms with Gasteiger partial charge in [-0.25, -0.2) is 14.6 Å². The Bertz CT molecular complexity index is 704. The number of carbonyl (C=O) groups excluding carboxylic acids is 2. The molecule has 1 heterocycles. The summed E-state index contributed by atoms with van der Waals surface area (Å²) < 4.78 is 9.71. The van der Waals surface area contributed by atoms with Gasteiger partial charge in [-0.15, -0.1) is 11.3 Å². The summed E-state index contributed by atoms with van der Waals surface area (Å²) in [4.78, 5) is 27.0.